The lowest BCUT2D eigenvalue weighted by molar-refractivity contribution is 1.25. The van der Waals surface area contributed by atoms with Gasteiger partial charge in [0.05, 0.1) is 9.20 Å². The highest BCUT2D eigenvalue weighted by Crippen LogP contribution is 1.82. The predicted octanol–water partition coefficient (Wildman–Crippen LogP) is 0.0372. The van der Waals surface area contributed by atoms with Crippen molar-refractivity contribution in [1.29, 1.82) is 0 Å². The van der Waals surface area contributed by atoms with E-state index >= 15 is 0 Å². The van der Waals surface area contributed by atoms with Gasteiger partial charge in [0.2, 0.25) is 0 Å². The molecule has 0 aliphatic heterocycles. The van der Waals surface area contributed by atoms with Crippen molar-refractivity contribution in [2.75, 3.05) is 0 Å². The Kier molecular flexibility index (Phi) is 1.76. The minimum atomic E-state index is -0.0185. The number of rotatable bonds is 0. The zero-order valence-corrected chi connectivity index (χ0v) is 6.84. The fourth-order valence-corrected chi connectivity index (χ4v) is 1.45. The van der Waals surface area contributed by atoms with Crippen LogP contribution >= 0.6 is 11.3 Å². The molecule has 1 rings (SSSR count). The average molecular weight is 155 g/mol. The summed E-state index contributed by atoms with van der Waals surface area (Å²) in [6, 6.07) is 0. The molecule has 0 radical (unpaired) electrons. The van der Waals surface area contributed by atoms with Crippen molar-refractivity contribution in [3.05, 3.63) is 19.5 Å². The van der Waals surface area contributed by atoms with Crippen LogP contribution in [0.15, 0.2) is 4.79 Å². The van der Waals surface area contributed by atoms with Gasteiger partial charge in [0.1, 0.15) is 0 Å². The van der Waals surface area contributed by atoms with Gasteiger partial charge in [0.25, 0.3) is 5.56 Å². The van der Waals surface area contributed by atoms with Gasteiger partial charge in [-0.25, -0.2) is 0 Å². The van der Waals surface area contributed by atoms with Gasteiger partial charge in [-0.15, -0.1) is 11.3 Å². The molecule has 0 aliphatic carbocycles. The Bertz CT molecular complexity index is 380. The van der Waals surface area contributed by atoms with Crippen LogP contribution < -0.4 is 14.8 Å². The van der Waals surface area contributed by atoms with Crippen molar-refractivity contribution in [1.82, 2.24) is 4.98 Å². The van der Waals surface area contributed by atoms with E-state index in [2.05, 4.69) is 11.6 Å². The van der Waals surface area contributed by atoms with E-state index in [1.807, 2.05) is 13.8 Å². The van der Waals surface area contributed by atoms with Gasteiger partial charge in [0.15, 0.2) is 0 Å². The lowest BCUT2D eigenvalue weighted by Crippen LogP contribution is -2.20. The summed E-state index contributed by atoms with van der Waals surface area (Å²) in [5.41, 5.74) is 1.02. The topological polar surface area (TPSA) is 32.9 Å². The Balaban J connectivity index is 3.76. The van der Waals surface area contributed by atoms with E-state index in [0.717, 1.165) is 14.8 Å². The Hall–Kier alpha value is -0.830. The number of aromatic amines is 1. The van der Waals surface area contributed by atoms with E-state index in [-0.39, 0.29) is 5.56 Å². The first-order chi connectivity index (χ1) is 4.61. The second-order valence-electron chi connectivity index (χ2n) is 2.31. The number of hydrogen-bond donors (Lipinski definition) is 1. The van der Waals surface area contributed by atoms with Crippen LogP contribution in [0, 0.1) is 0 Å². The molecule has 54 valence electrons. The number of thiazole rings is 1. The van der Waals surface area contributed by atoms with E-state index in [0.29, 0.717) is 0 Å². The molecule has 0 unspecified atom stereocenters. The Labute approximate surface area is 62.5 Å². The minimum Gasteiger partial charge on any atom is -0.313 e. The Morgan fingerprint density at radius 2 is 2.20 bits per heavy atom. The van der Waals surface area contributed by atoms with Gasteiger partial charge in [-0.2, -0.15) is 0 Å². The maximum absolute atomic E-state index is 11.0. The van der Waals surface area contributed by atoms with Crippen molar-refractivity contribution >= 4 is 23.5 Å². The maximum atomic E-state index is 11.0. The van der Waals surface area contributed by atoms with Gasteiger partial charge in [-0.1, -0.05) is 12.2 Å². The molecular formula is C7H9NOS. The second-order valence-corrected chi connectivity index (χ2v) is 3.41. The third-order valence-corrected chi connectivity index (χ3v) is 2.28. The summed E-state index contributed by atoms with van der Waals surface area (Å²) in [5, 5.41) is 0. The quantitative estimate of drug-likeness (QED) is 0.563. The van der Waals surface area contributed by atoms with E-state index in [4.69, 9.17) is 0 Å². The minimum absolute atomic E-state index is 0.0185. The van der Waals surface area contributed by atoms with E-state index < -0.39 is 0 Å². The first kappa shape index (κ1) is 7.28. The maximum Gasteiger partial charge on any atom is 0.266 e. The van der Waals surface area contributed by atoms with Gasteiger partial charge in [-0.3, -0.25) is 4.79 Å². The van der Waals surface area contributed by atoms with E-state index in [1.54, 1.807) is 0 Å². The highest BCUT2D eigenvalue weighted by atomic mass is 32.1. The predicted molar refractivity (Wildman–Crippen MR) is 44.5 cm³/mol. The van der Waals surface area contributed by atoms with Crippen LogP contribution in [0.5, 0.6) is 0 Å². The highest BCUT2D eigenvalue weighted by Gasteiger charge is 1.91. The molecular weight excluding hydrogens is 146 g/mol. The lowest BCUT2D eigenvalue weighted by atomic mass is 10.4. The van der Waals surface area contributed by atoms with Crippen molar-refractivity contribution in [3.8, 4) is 0 Å². The molecule has 0 fully saturated rings. The summed E-state index contributed by atoms with van der Waals surface area (Å²) in [5.74, 6) is 0. The zero-order chi connectivity index (χ0) is 7.72. The summed E-state index contributed by atoms with van der Waals surface area (Å²) in [7, 11) is 0. The number of nitrogens with one attached hydrogen (secondary N) is 1. The molecule has 1 heterocycles. The first-order valence-corrected chi connectivity index (χ1v) is 3.78. The molecule has 0 saturated heterocycles. The lowest BCUT2D eigenvalue weighted by Gasteiger charge is -1.77. The molecule has 1 N–H and O–H groups in total. The molecule has 0 atom stereocenters. The average Bonchev–Trinajstić information content (AvgIpc) is 2.10. The molecule has 0 spiro atoms. The van der Waals surface area contributed by atoms with Crippen LogP contribution in [0.2, 0.25) is 0 Å². The third-order valence-electron chi connectivity index (χ3n) is 1.14. The van der Waals surface area contributed by atoms with E-state index in [1.165, 1.54) is 11.3 Å². The zero-order valence-electron chi connectivity index (χ0n) is 6.02. The molecule has 0 amide bonds. The standard InChI is InChI=1S/C7H9NOS/c1-4(2)6-7(9)8-5(3)10-6/h3H2,1-2H3,(H,8,9). The molecule has 3 heteroatoms. The summed E-state index contributed by atoms with van der Waals surface area (Å²) >= 11 is 1.41. The van der Waals surface area contributed by atoms with Crippen LogP contribution in [0.4, 0.5) is 0 Å². The molecule has 0 saturated carbocycles. The molecule has 0 aromatic carbocycles. The molecule has 1 aromatic rings. The fraction of sp³-hybridized carbons (Fsp3) is 0.286. The van der Waals surface area contributed by atoms with Crippen LogP contribution in [-0.4, -0.2) is 4.98 Å². The van der Waals surface area contributed by atoms with Crippen molar-refractivity contribution in [2.45, 2.75) is 13.8 Å². The number of hydrogen-bond acceptors (Lipinski definition) is 2. The first-order valence-electron chi connectivity index (χ1n) is 2.97. The Morgan fingerprint density at radius 1 is 1.60 bits per heavy atom. The second kappa shape index (κ2) is 2.42. The third kappa shape index (κ3) is 1.19. The molecule has 2 nitrogen and oxygen atoms in total. The molecule has 0 bridgehead atoms. The van der Waals surface area contributed by atoms with Crippen molar-refractivity contribution in [2.24, 2.45) is 0 Å². The molecule has 10 heavy (non-hydrogen) atoms. The van der Waals surface area contributed by atoms with Gasteiger partial charge in [-0.05, 0) is 13.8 Å². The normalized spacial score (nSPS) is 9.80. The summed E-state index contributed by atoms with van der Waals surface area (Å²) in [6.07, 6.45) is 0. The molecule has 1 aromatic heterocycles. The number of aromatic nitrogens is 1. The summed E-state index contributed by atoms with van der Waals surface area (Å²) < 4.78 is 1.51. The van der Waals surface area contributed by atoms with Gasteiger partial charge in [0, 0.05) is 0 Å². The highest BCUT2D eigenvalue weighted by molar-refractivity contribution is 7.07. The van der Waals surface area contributed by atoms with Crippen molar-refractivity contribution in [3.63, 3.8) is 0 Å². The van der Waals surface area contributed by atoms with E-state index in [9.17, 15) is 4.79 Å². The summed E-state index contributed by atoms with van der Waals surface area (Å²) in [4.78, 5) is 13.6. The number of H-pyrrole nitrogens is 1. The largest absolute Gasteiger partial charge is 0.313 e. The molecule has 0 aliphatic rings. The van der Waals surface area contributed by atoms with Gasteiger partial charge >= 0.3 is 0 Å². The van der Waals surface area contributed by atoms with Gasteiger partial charge < -0.3 is 4.98 Å². The smallest absolute Gasteiger partial charge is 0.266 e. The fourth-order valence-electron chi connectivity index (χ4n) is 0.708. The van der Waals surface area contributed by atoms with Crippen LogP contribution in [-0.2, 0) is 0 Å². The SMILES string of the molecule is C=c1[nH]c(=O)c(=C(C)C)s1. The van der Waals surface area contributed by atoms with Crippen molar-refractivity contribution < 1.29 is 0 Å². The monoisotopic (exact) mass is 155 g/mol. The summed E-state index contributed by atoms with van der Waals surface area (Å²) in [6.45, 7) is 7.47. The van der Waals surface area contributed by atoms with Crippen LogP contribution in [0.25, 0.3) is 12.2 Å². The Morgan fingerprint density at radius 3 is 2.40 bits per heavy atom. The van der Waals surface area contributed by atoms with Crippen LogP contribution in [0.3, 0.4) is 0 Å². The van der Waals surface area contributed by atoms with Crippen LogP contribution in [0.1, 0.15) is 13.8 Å².